The van der Waals surface area contributed by atoms with E-state index in [-0.39, 0.29) is 0 Å². The van der Waals surface area contributed by atoms with Crippen LogP contribution in [0.15, 0.2) is 18.2 Å². The van der Waals surface area contributed by atoms with Crippen molar-refractivity contribution >= 4 is 0 Å². The Bertz CT molecular complexity index is 342. The fourth-order valence-electron chi connectivity index (χ4n) is 1.75. The van der Waals surface area contributed by atoms with Crippen molar-refractivity contribution in [2.45, 2.75) is 19.6 Å². The maximum absolute atomic E-state index is 5.62. The molecule has 0 saturated heterocycles. The number of rotatable bonds is 9. The molecule has 0 amide bonds. The molecular formula is C14H23NO3. The van der Waals surface area contributed by atoms with Gasteiger partial charge in [0.2, 0.25) is 0 Å². The van der Waals surface area contributed by atoms with E-state index in [4.69, 9.17) is 14.2 Å². The molecule has 1 N–H and O–H groups in total. The molecule has 0 fully saturated rings. The fourth-order valence-corrected chi connectivity index (χ4v) is 1.75. The van der Waals surface area contributed by atoms with Gasteiger partial charge in [-0.3, -0.25) is 0 Å². The van der Waals surface area contributed by atoms with Crippen molar-refractivity contribution in [1.29, 1.82) is 0 Å². The van der Waals surface area contributed by atoms with Crippen LogP contribution < -0.4 is 10.1 Å². The first-order valence-corrected chi connectivity index (χ1v) is 6.19. The fraction of sp³-hybridized carbons (Fsp3) is 0.571. The predicted octanol–water partition coefficient (Wildman–Crippen LogP) is 1.97. The Morgan fingerprint density at radius 1 is 1.17 bits per heavy atom. The minimum atomic E-state index is 0.574. The Kier molecular flexibility index (Phi) is 7.41. The summed E-state index contributed by atoms with van der Waals surface area (Å²) in [5, 5.41) is 3.13. The molecule has 0 aliphatic carbocycles. The molecule has 0 saturated carbocycles. The van der Waals surface area contributed by atoms with E-state index in [1.165, 1.54) is 5.56 Å². The summed E-state index contributed by atoms with van der Waals surface area (Å²) in [7, 11) is 5.32. The molecule has 0 aliphatic heterocycles. The van der Waals surface area contributed by atoms with Gasteiger partial charge in [0.25, 0.3) is 0 Å². The largest absolute Gasteiger partial charge is 0.496 e. The van der Waals surface area contributed by atoms with Gasteiger partial charge in [0, 0.05) is 32.4 Å². The monoisotopic (exact) mass is 253 g/mol. The van der Waals surface area contributed by atoms with Gasteiger partial charge in [-0.05, 0) is 31.2 Å². The van der Waals surface area contributed by atoms with Gasteiger partial charge in [0.15, 0.2) is 0 Å². The minimum Gasteiger partial charge on any atom is -0.496 e. The molecule has 4 heteroatoms. The molecular weight excluding hydrogens is 230 g/mol. The summed E-state index contributed by atoms with van der Waals surface area (Å²) in [4.78, 5) is 0. The average molecular weight is 253 g/mol. The summed E-state index contributed by atoms with van der Waals surface area (Å²) >= 11 is 0. The summed E-state index contributed by atoms with van der Waals surface area (Å²) in [5.74, 6) is 0.876. The van der Waals surface area contributed by atoms with E-state index in [1.807, 2.05) is 13.1 Å². The van der Waals surface area contributed by atoms with Crippen molar-refractivity contribution < 1.29 is 14.2 Å². The molecule has 102 valence electrons. The van der Waals surface area contributed by atoms with E-state index in [0.717, 1.165) is 30.9 Å². The molecule has 4 nitrogen and oxygen atoms in total. The van der Waals surface area contributed by atoms with Crippen LogP contribution in [0.3, 0.4) is 0 Å². The number of benzene rings is 1. The van der Waals surface area contributed by atoms with Crippen LogP contribution in [-0.2, 0) is 22.6 Å². The zero-order chi connectivity index (χ0) is 13.2. The van der Waals surface area contributed by atoms with Crippen molar-refractivity contribution in [3.8, 4) is 5.75 Å². The lowest BCUT2D eigenvalue weighted by molar-refractivity contribution is 0.0916. The molecule has 18 heavy (non-hydrogen) atoms. The highest BCUT2D eigenvalue weighted by Crippen LogP contribution is 2.20. The SMILES string of the molecule is CNCc1ccc(OC)c(COCCCOC)c1. The van der Waals surface area contributed by atoms with Crippen molar-refractivity contribution in [2.24, 2.45) is 0 Å². The summed E-state index contributed by atoms with van der Waals surface area (Å²) in [5.41, 5.74) is 2.32. The number of ether oxygens (including phenoxy) is 3. The van der Waals surface area contributed by atoms with E-state index in [9.17, 15) is 0 Å². The maximum Gasteiger partial charge on any atom is 0.124 e. The normalized spacial score (nSPS) is 10.6. The van der Waals surface area contributed by atoms with Crippen LogP contribution in [0.4, 0.5) is 0 Å². The van der Waals surface area contributed by atoms with E-state index in [0.29, 0.717) is 13.2 Å². The third-order valence-corrected chi connectivity index (χ3v) is 2.62. The Hall–Kier alpha value is -1.10. The second-order valence-corrected chi connectivity index (χ2v) is 4.08. The molecule has 1 rings (SSSR count). The lowest BCUT2D eigenvalue weighted by Crippen LogP contribution is -2.06. The van der Waals surface area contributed by atoms with Crippen LogP contribution >= 0.6 is 0 Å². The summed E-state index contributed by atoms with van der Waals surface area (Å²) in [6.07, 6.45) is 0.912. The Labute approximate surface area is 109 Å². The minimum absolute atomic E-state index is 0.574. The summed E-state index contributed by atoms with van der Waals surface area (Å²) in [6, 6.07) is 6.16. The molecule has 0 radical (unpaired) electrons. The molecule has 0 spiro atoms. The molecule has 0 bridgehead atoms. The van der Waals surface area contributed by atoms with Crippen LogP contribution in [0.25, 0.3) is 0 Å². The third kappa shape index (κ3) is 5.04. The van der Waals surface area contributed by atoms with Gasteiger partial charge >= 0.3 is 0 Å². The lowest BCUT2D eigenvalue weighted by atomic mass is 10.1. The van der Waals surface area contributed by atoms with Crippen molar-refractivity contribution in [2.75, 3.05) is 34.5 Å². The highest BCUT2D eigenvalue weighted by Gasteiger charge is 2.04. The maximum atomic E-state index is 5.62. The second kappa shape index (κ2) is 8.91. The third-order valence-electron chi connectivity index (χ3n) is 2.62. The smallest absolute Gasteiger partial charge is 0.124 e. The Morgan fingerprint density at radius 2 is 2.00 bits per heavy atom. The number of hydrogen-bond donors (Lipinski definition) is 1. The first kappa shape index (κ1) is 15.0. The highest BCUT2D eigenvalue weighted by atomic mass is 16.5. The molecule has 0 aromatic heterocycles. The van der Waals surface area contributed by atoms with Gasteiger partial charge in [0.05, 0.1) is 13.7 Å². The molecule has 0 atom stereocenters. The van der Waals surface area contributed by atoms with Gasteiger partial charge in [-0.15, -0.1) is 0 Å². The molecule has 0 heterocycles. The van der Waals surface area contributed by atoms with Crippen molar-refractivity contribution in [3.63, 3.8) is 0 Å². The predicted molar refractivity (Wildman–Crippen MR) is 71.9 cm³/mol. The van der Waals surface area contributed by atoms with E-state index in [1.54, 1.807) is 14.2 Å². The topological polar surface area (TPSA) is 39.7 Å². The number of nitrogens with one attached hydrogen (secondary N) is 1. The highest BCUT2D eigenvalue weighted by molar-refractivity contribution is 5.36. The van der Waals surface area contributed by atoms with Gasteiger partial charge in [-0.2, -0.15) is 0 Å². The Morgan fingerprint density at radius 3 is 2.67 bits per heavy atom. The van der Waals surface area contributed by atoms with Crippen molar-refractivity contribution in [1.82, 2.24) is 5.32 Å². The first-order chi connectivity index (χ1) is 8.81. The van der Waals surface area contributed by atoms with Crippen LogP contribution in [0.5, 0.6) is 5.75 Å². The van der Waals surface area contributed by atoms with Crippen LogP contribution in [0.1, 0.15) is 17.5 Å². The first-order valence-electron chi connectivity index (χ1n) is 6.19. The zero-order valence-corrected chi connectivity index (χ0v) is 11.5. The quantitative estimate of drug-likeness (QED) is 0.683. The molecule has 1 aromatic rings. The summed E-state index contributed by atoms with van der Waals surface area (Å²) in [6.45, 7) is 2.86. The van der Waals surface area contributed by atoms with Gasteiger partial charge in [-0.1, -0.05) is 6.07 Å². The lowest BCUT2D eigenvalue weighted by Gasteiger charge is -2.11. The summed E-state index contributed by atoms with van der Waals surface area (Å²) < 4.78 is 15.9. The van der Waals surface area contributed by atoms with Gasteiger partial charge < -0.3 is 19.5 Å². The second-order valence-electron chi connectivity index (χ2n) is 4.08. The van der Waals surface area contributed by atoms with Gasteiger partial charge in [-0.25, -0.2) is 0 Å². The van der Waals surface area contributed by atoms with Crippen LogP contribution in [-0.4, -0.2) is 34.5 Å². The number of methoxy groups -OCH3 is 2. The van der Waals surface area contributed by atoms with Crippen molar-refractivity contribution in [3.05, 3.63) is 29.3 Å². The Balaban J connectivity index is 2.52. The van der Waals surface area contributed by atoms with E-state index >= 15 is 0 Å². The molecule has 0 aliphatic rings. The standard InChI is InChI=1S/C14H23NO3/c1-15-10-12-5-6-14(17-3)13(9-12)11-18-8-4-7-16-2/h5-6,9,15H,4,7-8,10-11H2,1-3H3. The van der Waals surface area contributed by atoms with E-state index in [2.05, 4.69) is 17.4 Å². The van der Waals surface area contributed by atoms with Gasteiger partial charge in [0.1, 0.15) is 5.75 Å². The average Bonchev–Trinajstić information content (AvgIpc) is 2.39. The number of hydrogen-bond acceptors (Lipinski definition) is 4. The zero-order valence-electron chi connectivity index (χ0n) is 11.5. The van der Waals surface area contributed by atoms with E-state index < -0.39 is 0 Å². The molecule has 0 unspecified atom stereocenters. The molecule has 1 aromatic carbocycles. The van der Waals surface area contributed by atoms with Crippen LogP contribution in [0.2, 0.25) is 0 Å². The van der Waals surface area contributed by atoms with Crippen LogP contribution in [0, 0.1) is 0 Å².